The first-order chi connectivity index (χ1) is 18.6. The molecule has 0 bridgehead atoms. The van der Waals surface area contributed by atoms with E-state index in [2.05, 4.69) is 15.6 Å². The standard InChI is InChI=1S/C24H30ClN3O11/c1-35-15-6-16(38-10-11-4-14(26-8-18(30)31)23(36-2)27-7-11)13(25)5-12(15)22(34)28-19-21(33)20(32)17(9-29)39-24(19)37-3/h4-7,17,19-21,24,26,29,32-33H,8-10H2,1-3H3,(H,28,34)(H,30,31)/t17-,19-,20-,21-,24+/m1/s1. The van der Waals surface area contributed by atoms with Gasteiger partial charge in [-0.25, -0.2) is 4.98 Å². The summed E-state index contributed by atoms with van der Waals surface area (Å²) in [6.45, 7) is -0.917. The molecule has 15 heteroatoms. The quantitative estimate of drug-likeness (QED) is 0.199. The number of aliphatic hydroxyl groups is 3. The Kier molecular flexibility index (Phi) is 10.5. The second-order valence-electron chi connectivity index (χ2n) is 8.36. The first kappa shape index (κ1) is 30.1. The van der Waals surface area contributed by atoms with Gasteiger partial charge in [0.15, 0.2) is 6.29 Å². The first-order valence-corrected chi connectivity index (χ1v) is 12.0. The summed E-state index contributed by atoms with van der Waals surface area (Å²) in [6.07, 6.45) is -3.73. The zero-order valence-electron chi connectivity index (χ0n) is 21.3. The molecule has 0 aliphatic carbocycles. The number of ether oxygens (including phenoxy) is 5. The normalized spacial score (nSPS) is 22.6. The minimum Gasteiger partial charge on any atom is -0.496 e. The number of aliphatic hydroxyl groups excluding tert-OH is 3. The number of methoxy groups -OCH3 is 3. The molecule has 0 spiro atoms. The summed E-state index contributed by atoms with van der Waals surface area (Å²) < 4.78 is 26.9. The van der Waals surface area contributed by atoms with Gasteiger partial charge in [0, 0.05) is 24.9 Å². The van der Waals surface area contributed by atoms with Crippen molar-refractivity contribution >= 4 is 29.2 Å². The average molecular weight is 572 g/mol. The molecule has 1 aliphatic rings. The number of rotatable bonds is 12. The molecule has 5 atom stereocenters. The molecule has 2 heterocycles. The molecular formula is C24H30ClN3O11. The van der Waals surface area contributed by atoms with E-state index < -0.39 is 49.1 Å². The molecule has 39 heavy (non-hydrogen) atoms. The van der Waals surface area contributed by atoms with Gasteiger partial charge < -0.3 is 54.7 Å². The van der Waals surface area contributed by atoms with Crippen molar-refractivity contribution in [2.24, 2.45) is 0 Å². The van der Waals surface area contributed by atoms with Crippen LogP contribution in [-0.2, 0) is 20.9 Å². The highest BCUT2D eigenvalue weighted by molar-refractivity contribution is 6.32. The predicted octanol–water partition coefficient (Wildman–Crippen LogP) is 0.0115. The monoisotopic (exact) mass is 571 g/mol. The molecule has 1 aliphatic heterocycles. The third-order valence-corrected chi connectivity index (χ3v) is 6.13. The summed E-state index contributed by atoms with van der Waals surface area (Å²) in [6, 6.07) is 3.14. The average Bonchev–Trinajstić information content (AvgIpc) is 2.93. The van der Waals surface area contributed by atoms with Crippen LogP contribution in [0.15, 0.2) is 24.4 Å². The lowest BCUT2D eigenvalue weighted by Gasteiger charge is -2.41. The highest BCUT2D eigenvalue weighted by Crippen LogP contribution is 2.34. The third-order valence-electron chi connectivity index (χ3n) is 5.84. The highest BCUT2D eigenvalue weighted by Gasteiger charge is 2.45. The third kappa shape index (κ3) is 7.17. The maximum atomic E-state index is 13.1. The topological polar surface area (TPSA) is 198 Å². The number of aromatic nitrogens is 1. The molecule has 3 rings (SSSR count). The Bertz CT molecular complexity index is 1170. The van der Waals surface area contributed by atoms with Crippen LogP contribution in [0.2, 0.25) is 5.02 Å². The van der Waals surface area contributed by atoms with Crippen LogP contribution < -0.4 is 24.8 Å². The molecule has 0 unspecified atom stereocenters. The summed E-state index contributed by atoms with van der Waals surface area (Å²) >= 11 is 6.38. The molecule has 1 fully saturated rings. The summed E-state index contributed by atoms with van der Waals surface area (Å²) in [5.41, 5.74) is 0.925. The molecule has 14 nitrogen and oxygen atoms in total. The van der Waals surface area contributed by atoms with E-state index >= 15 is 0 Å². The Morgan fingerprint density at radius 3 is 2.46 bits per heavy atom. The van der Waals surface area contributed by atoms with Gasteiger partial charge in [0.1, 0.15) is 49.0 Å². The fourth-order valence-electron chi connectivity index (χ4n) is 3.85. The van der Waals surface area contributed by atoms with E-state index in [-0.39, 0.29) is 41.1 Å². The number of hydrogen-bond donors (Lipinski definition) is 6. The maximum absolute atomic E-state index is 13.1. The Labute approximate surface area is 228 Å². The molecule has 0 saturated carbocycles. The van der Waals surface area contributed by atoms with Crippen LogP contribution in [0.5, 0.6) is 17.4 Å². The number of nitrogens with zero attached hydrogens (tertiary/aromatic N) is 1. The zero-order valence-corrected chi connectivity index (χ0v) is 22.0. The SMILES string of the molecule is COc1cc(OCc2cnc(OC)c(NCC(=O)O)c2)c(Cl)cc1C(=O)N[C@H]1[C@@H](OC)O[C@H](CO)[C@@H](O)[C@@H]1O. The Morgan fingerprint density at radius 2 is 1.85 bits per heavy atom. The van der Waals surface area contributed by atoms with Crippen LogP contribution in [0.1, 0.15) is 15.9 Å². The van der Waals surface area contributed by atoms with Gasteiger partial charge in [-0.2, -0.15) is 0 Å². The van der Waals surface area contributed by atoms with Gasteiger partial charge in [-0.1, -0.05) is 11.6 Å². The first-order valence-electron chi connectivity index (χ1n) is 11.6. The second kappa shape index (κ2) is 13.6. The van der Waals surface area contributed by atoms with Crippen LogP contribution >= 0.6 is 11.6 Å². The molecule has 1 amide bonds. The Morgan fingerprint density at radius 1 is 1.10 bits per heavy atom. The van der Waals surface area contributed by atoms with Gasteiger partial charge in [-0.05, 0) is 12.1 Å². The number of aliphatic carboxylic acids is 1. The van der Waals surface area contributed by atoms with Crippen LogP contribution in [0.4, 0.5) is 5.69 Å². The molecule has 1 aromatic carbocycles. The molecule has 2 aromatic rings. The highest BCUT2D eigenvalue weighted by atomic mass is 35.5. The predicted molar refractivity (Wildman–Crippen MR) is 135 cm³/mol. The number of carboxylic acids is 1. The number of hydrogen-bond acceptors (Lipinski definition) is 12. The van der Waals surface area contributed by atoms with Crippen LogP contribution in [0.25, 0.3) is 0 Å². The van der Waals surface area contributed by atoms with Gasteiger partial charge in [-0.15, -0.1) is 0 Å². The summed E-state index contributed by atoms with van der Waals surface area (Å²) in [7, 11) is 4.03. The van der Waals surface area contributed by atoms with Gasteiger partial charge in [-0.3, -0.25) is 9.59 Å². The number of carbonyl (C=O) groups excluding carboxylic acids is 1. The van der Waals surface area contributed by atoms with Crippen molar-refractivity contribution < 1.29 is 53.7 Å². The van der Waals surface area contributed by atoms with Gasteiger partial charge in [0.2, 0.25) is 5.88 Å². The van der Waals surface area contributed by atoms with Gasteiger partial charge in [0.25, 0.3) is 5.91 Å². The van der Waals surface area contributed by atoms with Crippen molar-refractivity contribution in [2.45, 2.75) is 37.3 Å². The van der Waals surface area contributed by atoms with Crippen molar-refractivity contribution in [3.8, 4) is 17.4 Å². The van der Waals surface area contributed by atoms with Crippen LogP contribution in [0.3, 0.4) is 0 Å². The molecule has 0 radical (unpaired) electrons. The molecule has 214 valence electrons. The van der Waals surface area contributed by atoms with Crippen LogP contribution in [-0.4, -0.2) is 102 Å². The number of carboxylic acid groups (broad SMARTS) is 1. The number of pyridine rings is 1. The van der Waals surface area contributed by atoms with E-state index in [1.54, 1.807) is 6.07 Å². The van der Waals surface area contributed by atoms with E-state index in [4.69, 9.17) is 40.4 Å². The maximum Gasteiger partial charge on any atom is 0.322 e. The number of halogens is 1. The molecular weight excluding hydrogens is 542 g/mol. The van der Waals surface area contributed by atoms with E-state index in [0.29, 0.717) is 11.3 Å². The lowest BCUT2D eigenvalue weighted by Crippen LogP contribution is -2.64. The molecule has 6 N–H and O–H groups in total. The number of benzene rings is 1. The molecule has 1 saturated heterocycles. The summed E-state index contributed by atoms with van der Waals surface area (Å²) in [5, 5.41) is 44.3. The Balaban J connectivity index is 1.76. The largest absolute Gasteiger partial charge is 0.496 e. The van der Waals surface area contributed by atoms with Gasteiger partial charge in [0.05, 0.1) is 37.1 Å². The second-order valence-corrected chi connectivity index (χ2v) is 8.77. The van der Waals surface area contributed by atoms with Crippen molar-refractivity contribution in [3.05, 3.63) is 40.5 Å². The number of nitrogens with one attached hydrogen (secondary N) is 2. The van der Waals surface area contributed by atoms with Crippen molar-refractivity contribution in [2.75, 3.05) is 39.8 Å². The van der Waals surface area contributed by atoms with Crippen molar-refractivity contribution in [1.29, 1.82) is 0 Å². The van der Waals surface area contributed by atoms with Crippen molar-refractivity contribution in [3.63, 3.8) is 0 Å². The number of carbonyl (C=O) groups is 2. The number of amides is 1. The lowest BCUT2D eigenvalue weighted by atomic mass is 9.96. The van der Waals surface area contributed by atoms with Gasteiger partial charge >= 0.3 is 5.97 Å². The minimum atomic E-state index is -1.50. The lowest BCUT2D eigenvalue weighted by molar-refractivity contribution is -0.261. The minimum absolute atomic E-state index is 0.00180. The summed E-state index contributed by atoms with van der Waals surface area (Å²) in [4.78, 5) is 28.1. The summed E-state index contributed by atoms with van der Waals surface area (Å²) in [5.74, 6) is -1.29. The fourth-order valence-corrected chi connectivity index (χ4v) is 4.07. The Hall–Kier alpha value is -3.40. The van der Waals surface area contributed by atoms with E-state index in [1.807, 2.05) is 0 Å². The van der Waals surface area contributed by atoms with Crippen molar-refractivity contribution in [1.82, 2.24) is 10.3 Å². The van der Waals surface area contributed by atoms with E-state index in [0.717, 1.165) is 0 Å². The van der Waals surface area contributed by atoms with E-state index in [9.17, 15) is 24.9 Å². The smallest absolute Gasteiger partial charge is 0.322 e. The fraction of sp³-hybridized carbons (Fsp3) is 0.458. The zero-order chi connectivity index (χ0) is 28.7. The number of anilines is 1. The van der Waals surface area contributed by atoms with E-state index in [1.165, 1.54) is 39.7 Å². The van der Waals surface area contributed by atoms with Crippen LogP contribution in [0, 0.1) is 0 Å². The molecule has 1 aromatic heterocycles.